The highest BCUT2D eigenvalue weighted by Gasteiger charge is 2.41. The summed E-state index contributed by atoms with van der Waals surface area (Å²) in [4.78, 5) is 15.5. The maximum Gasteiger partial charge on any atom is 0.264 e. The molecule has 0 aromatic heterocycles. The predicted molar refractivity (Wildman–Crippen MR) is 154 cm³/mol. The number of benzene rings is 2. The van der Waals surface area contributed by atoms with E-state index in [0.29, 0.717) is 30.8 Å². The van der Waals surface area contributed by atoms with Crippen molar-refractivity contribution in [1.82, 2.24) is 4.72 Å². The number of hydrogen-bond acceptors (Lipinski definition) is 7. The van der Waals surface area contributed by atoms with E-state index in [2.05, 4.69) is 9.62 Å². The van der Waals surface area contributed by atoms with Crippen molar-refractivity contribution in [1.29, 1.82) is 0 Å². The Hall–Kier alpha value is -2.33. The highest BCUT2D eigenvalue weighted by molar-refractivity contribution is 7.90. The number of rotatable bonds is 0. The van der Waals surface area contributed by atoms with E-state index >= 15 is 0 Å². The normalized spacial score (nSPS) is 28.9. The van der Waals surface area contributed by atoms with Gasteiger partial charge in [0.15, 0.2) is 0 Å². The molecule has 1 amide bonds. The molecule has 2 aromatic rings. The molecule has 3 aliphatic heterocycles. The van der Waals surface area contributed by atoms with E-state index in [1.807, 2.05) is 18.2 Å². The average molecular weight is 589 g/mol. The molecule has 1 saturated heterocycles. The second kappa shape index (κ2) is 11.9. The molecule has 2 fully saturated rings. The van der Waals surface area contributed by atoms with Crippen LogP contribution in [0.15, 0.2) is 36.4 Å². The molecule has 1 N–H and O–H groups in total. The number of halogens is 1. The van der Waals surface area contributed by atoms with Gasteiger partial charge >= 0.3 is 0 Å². The number of carbonyl (C=O) groups excluding carboxylic acids is 1. The first kappa shape index (κ1) is 27.8. The summed E-state index contributed by atoms with van der Waals surface area (Å²) < 4.78 is 46.3. The fraction of sp³-hybridized carbons (Fsp3) is 0.567. The van der Waals surface area contributed by atoms with E-state index in [1.165, 1.54) is 5.56 Å². The van der Waals surface area contributed by atoms with Crippen molar-refractivity contribution in [2.45, 2.75) is 63.8 Å². The van der Waals surface area contributed by atoms with Crippen LogP contribution in [-0.2, 0) is 32.5 Å². The minimum absolute atomic E-state index is 0.0283. The molecule has 216 valence electrons. The number of nitrogens with one attached hydrogen (secondary N) is 1. The van der Waals surface area contributed by atoms with E-state index in [-0.39, 0.29) is 30.1 Å². The molecule has 4 aliphatic rings. The lowest BCUT2D eigenvalue weighted by Gasteiger charge is -2.46. The Kier molecular flexibility index (Phi) is 8.26. The third kappa shape index (κ3) is 6.27. The molecule has 40 heavy (non-hydrogen) atoms. The Morgan fingerprint density at radius 3 is 2.73 bits per heavy atom. The van der Waals surface area contributed by atoms with Gasteiger partial charge in [-0.25, -0.2) is 13.1 Å². The number of anilines is 1. The lowest BCUT2D eigenvalue weighted by Crippen LogP contribution is -2.47. The van der Waals surface area contributed by atoms with Crippen molar-refractivity contribution >= 4 is 33.2 Å². The van der Waals surface area contributed by atoms with E-state index in [1.54, 1.807) is 18.2 Å². The summed E-state index contributed by atoms with van der Waals surface area (Å²) in [6, 6.07) is 11.1. The van der Waals surface area contributed by atoms with Crippen LogP contribution in [0.25, 0.3) is 0 Å². The van der Waals surface area contributed by atoms with Crippen LogP contribution in [0.4, 0.5) is 5.69 Å². The van der Waals surface area contributed by atoms with E-state index in [0.717, 1.165) is 74.3 Å². The van der Waals surface area contributed by atoms with Gasteiger partial charge in [-0.1, -0.05) is 17.7 Å². The first-order chi connectivity index (χ1) is 19.3. The van der Waals surface area contributed by atoms with Gasteiger partial charge in [0.05, 0.1) is 30.3 Å². The number of aryl methyl sites for hydroxylation is 1. The number of carbonyl (C=O) groups is 1. The summed E-state index contributed by atoms with van der Waals surface area (Å²) in [7, 11) is -3.85. The van der Waals surface area contributed by atoms with Crippen molar-refractivity contribution in [2.75, 3.05) is 37.0 Å². The predicted octanol–water partition coefficient (Wildman–Crippen LogP) is 4.73. The molecular weight excluding hydrogens is 552 g/mol. The van der Waals surface area contributed by atoms with E-state index in [9.17, 15) is 13.2 Å². The van der Waals surface area contributed by atoms with E-state index < -0.39 is 15.9 Å². The Morgan fingerprint density at radius 1 is 0.975 bits per heavy atom. The molecule has 1 saturated carbocycles. The second-order valence-electron chi connectivity index (χ2n) is 11.5. The Labute approximate surface area is 241 Å². The molecule has 4 bridgehead atoms. The third-order valence-corrected chi connectivity index (χ3v) is 10.3. The Bertz CT molecular complexity index is 1350. The van der Waals surface area contributed by atoms with Crippen LogP contribution in [0.5, 0.6) is 5.75 Å². The molecule has 0 radical (unpaired) electrons. The first-order valence-electron chi connectivity index (χ1n) is 14.4. The van der Waals surface area contributed by atoms with Gasteiger partial charge in [-0.2, -0.15) is 0 Å². The summed E-state index contributed by atoms with van der Waals surface area (Å²) in [5.41, 5.74) is 3.40. The van der Waals surface area contributed by atoms with Crippen LogP contribution in [-0.4, -0.2) is 58.6 Å². The summed E-state index contributed by atoms with van der Waals surface area (Å²) >= 11 is 6.31. The summed E-state index contributed by atoms with van der Waals surface area (Å²) in [6.07, 6.45) is 6.74. The highest BCUT2D eigenvalue weighted by atomic mass is 35.5. The minimum atomic E-state index is -3.85. The lowest BCUT2D eigenvalue weighted by molar-refractivity contribution is -0.115. The van der Waals surface area contributed by atoms with Crippen molar-refractivity contribution in [3.05, 3.63) is 58.1 Å². The minimum Gasteiger partial charge on any atom is -0.487 e. The molecule has 6 rings (SSSR count). The van der Waals surface area contributed by atoms with Crippen LogP contribution in [0.3, 0.4) is 0 Å². The van der Waals surface area contributed by atoms with Crippen molar-refractivity contribution in [3.8, 4) is 5.75 Å². The van der Waals surface area contributed by atoms with Gasteiger partial charge in [0.25, 0.3) is 5.91 Å². The molecule has 0 spiro atoms. The zero-order valence-electron chi connectivity index (χ0n) is 22.6. The van der Waals surface area contributed by atoms with E-state index in [4.69, 9.17) is 25.8 Å². The summed E-state index contributed by atoms with van der Waals surface area (Å²) in [6.45, 7) is 2.68. The monoisotopic (exact) mass is 588 g/mol. The second-order valence-corrected chi connectivity index (χ2v) is 13.7. The Morgan fingerprint density at radius 2 is 1.88 bits per heavy atom. The smallest absolute Gasteiger partial charge is 0.264 e. The lowest BCUT2D eigenvalue weighted by atomic mass is 9.68. The highest BCUT2D eigenvalue weighted by Crippen LogP contribution is 2.43. The largest absolute Gasteiger partial charge is 0.487 e. The van der Waals surface area contributed by atoms with Crippen LogP contribution in [0.2, 0.25) is 5.02 Å². The molecular formula is C30H37ClN2O6S. The number of sulfonamides is 1. The fourth-order valence-corrected chi connectivity index (χ4v) is 7.51. The van der Waals surface area contributed by atoms with Crippen LogP contribution >= 0.6 is 11.6 Å². The van der Waals surface area contributed by atoms with Gasteiger partial charge in [-0.05, 0) is 91.8 Å². The topological polar surface area (TPSA) is 94.2 Å². The molecule has 1 aliphatic carbocycles. The molecule has 2 aromatic carbocycles. The molecule has 3 heterocycles. The zero-order chi connectivity index (χ0) is 27.7. The van der Waals surface area contributed by atoms with Gasteiger partial charge in [0.1, 0.15) is 12.4 Å². The first-order valence-corrected chi connectivity index (χ1v) is 16.4. The van der Waals surface area contributed by atoms with Crippen molar-refractivity contribution < 1.29 is 27.4 Å². The van der Waals surface area contributed by atoms with Crippen LogP contribution < -0.4 is 14.4 Å². The number of hydrogen-bond donors (Lipinski definition) is 1. The number of ether oxygens (including phenoxy) is 3. The van der Waals surface area contributed by atoms with Crippen molar-refractivity contribution in [3.63, 3.8) is 0 Å². The quantitative estimate of drug-likeness (QED) is 0.476. The molecule has 10 heteroatoms. The fourth-order valence-electron chi connectivity index (χ4n) is 6.49. The van der Waals surface area contributed by atoms with Gasteiger partial charge in [0, 0.05) is 36.7 Å². The number of fused-ring (bicyclic) bond motifs is 6. The van der Waals surface area contributed by atoms with Gasteiger partial charge < -0.3 is 19.1 Å². The number of amides is 1. The van der Waals surface area contributed by atoms with Gasteiger partial charge in [-0.3, -0.25) is 4.79 Å². The standard InChI is InChI=1S/C30H37ClN2O6S/c31-24-7-4-23-19-39-28-9-6-21-16-27(28)33(11-2-1-3-20(23)15-24)18-22-5-8-26(22)29-17-25(10-12-38-29)37-13-14-40(35,36)32-30(21)34/h4,6-7,9,15-16,22,25-26,29H,1-3,5,8,10-14,17-19H2,(H,32,34)/t22-,25-,26+,29+/m0/s1. The number of nitrogens with zero attached hydrogens (tertiary/aromatic N) is 1. The van der Waals surface area contributed by atoms with Gasteiger partial charge in [-0.15, -0.1) is 0 Å². The zero-order valence-corrected chi connectivity index (χ0v) is 24.2. The molecule has 8 nitrogen and oxygen atoms in total. The maximum absolute atomic E-state index is 13.1. The SMILES string of the molecule is O=C1NS(=O)(=O)CCO[C@H]2CCO[C@H](C2)[C@@H]2CC[C@H]2CN2CCCCc3cc(Cl)ccc3COc3ccc1cc32. The van der Waals surface area contributed by atoms with Crippen LogP contribution in [0, 0.1) is 11.8 Å². The van der Waals surface area contributed by atoms with Crippen molar-refractivity contribution in [2.24, 2.45) is 11.8 Å². The average Bonchev–Trinajstić information content (AvgIpc) is 2.93. The maximum atomic E-state index is 13.1. The summed E-state index contributed by atoms with van der Waals surface area (Å²) in [5.74, 6) is 0.668. The van der Waals surface area contributed by atoms with Crippen LogP contribution in [0.1, 0.15) is 60.0 Å². The third-order valence-electron chi connectivity index (χ3n) is 8.87. The summed E-state index contributed by atoms with van der Waals surface area (Å²) in [5, 5.41) is 0.721. The molecule has 0 unspecified atom stereocenters. The molecule has 4 atom stereocenters. The Balaban J connectivity index is 1.35. The van der Waals surface area contributed by atoms with Gasteiger partial charge in [0.2, 0.25) is 10.0 Å².